The van der Waals surface area contributed by atoms with Crippen LogP contribution in [-0.4, -0.2) is 23.2 Å². The van der Waals surface area contributed by atoms with Crippen molar-refractivity contribution >= 4 is 37.6 Å². The minimum Gasteiger partial charge on any atom is -0.300 e. The molecule has 0 saturated carbocycles. The predicted molar refractivity (Wildman–Crippen MR) is 70.5 cm³/mol. The first-order valence-electron chi connectivity index (χ1n) is 4.69. The van der Waals surface area contributed by atoms with Crippen molar-refractivity contribution in [3.63, 3.8) is 0 Å². The molecule has 2 aromatic rings. The third-order valence-electron chi connectivity index (χ3n) is 2.28. The van der Waals surface area contributed by atoms with Crippen LogP contribution in [-0.2, 0) is 17.1 Å². The molecular weight excluding hydrogens is 344 g/mol. The first kappa shape index (κ1) is 13.5. The van der Waals surface area contributed by atoms with E-state index in [-0.39, 0.29) is 5.16 Å². The fraction of sp³-hybridized carbons (Fsp3) is 0.111. The maximum absolute atomic E-state index is 11.3. The Morgan fingerprint density at radius 2 is 2.06 bits per heavy atom. The molecule has 0 aliphatic carbocycles. The quantitative estimate of drug-likeness (QED) is 0.888. The van der Waals surface area contributed by atoms with Crippen LogP contribution in [0.5, 0.6) is 0 Å². The van der Waals surface area contributed by atoms with Crippen LogP contribution in [0.2, 0.25) is 5.02 Å². The molecule has 0 aliphatic rings. The number of hydrogen-bond donors (Lipinski definition) is 1. The van der Waals surface area contributed by atoms with Gasteiger partial charge in [0.15, 0.2) is 5.82 Å². The van der Waals surface area contributed by atoms with Crippen molar-refractivity contribution in [3.05, 3.63) is 27.7 Å². The summed E-state index contributed by atoms with van der Waals surface area (Å²) < 4.78 is 24.5. The lowest BCUT2D eigenvalue weighted by atomic mass is 10.2. The van der Waals surface area contributed by atoms with E-state index in [9.17, 15) is 8.42 Å². The minimum atomic E-state index is -3.91. The van der Waals surface area contributed by atoms with Crippen molar-refractivity contribution < 1.29 is 8.42 Å². The average molecular weight is 352 g/mol. The Morgan fingerprint density at radius 3 is 2.61 bits per heavy atom. The van der Waals surface area contributed by atoms with E-state index in [0.29, 0.717) is 20.9 Å². The van der Waals surface area contributed by atoms with Gasteiger partial charge in [0.1, 0.15) is 0 Å². The van der Waals surface area contributed by atoms with Crippen molar-refractivity contribution in [1.82, 2.24) is 14.8 Å². The molecule has 0 saturated heterocycles. The van der Waals surface area contributed by atoms with Crippen LogP contribution in [0.4, 0.5) is 0 Å². The van der Waals surface area contributed by atoms with Crippen molar-refractivity contribution in [1.29, 1.82) is 0 Å². The van der Waals surface area contributed by atoms with Crippen LogP contribution in [0, 0.1) is 0 Å². The van der Waals surface area contributed by atoms with E-state index in [1.54, 1.807) is 18.2 Å². The van der Waals surface area contributed by atoms with E-state index < -0.39 is 10.0 Å². The molecule has 0 spiro atoms. The summed E-state index contributed by atoms with van der Waals surface area (Å²) in [6.07, 6.45) is 0. The molecule has 1 aromatic carbocycles. The molecule has 9 heteroatoms. The van der Waals surface area contributed by atoms with Gasteiger partial charge in [-0.2, -0.15) is 0 Å². The highest BCUT2D eigenvalue weighted by Crippen LogP contribution is 2.32. The fourth-order valence-electron chi connectivity index (χ4n) is 1.47. The third-order valence-corrected chi connectivity index (χ3v) is 4.44. The van der Waals surface area contributed by atoms with Gasteiger partial charge in [-0.1, -0.05) is 17.7 Å². The fourth-order valence-corrected chi connectivity index (χ4v) is 2.67. The Labute approximate surface area is 117 Å². The van der Waals surface area contributed by atoms with Crippen LogP contribution < -0.4 is 5.14 Å². The molecule has 18 heavy (non-hydrogen) atoms. The maximum Gasteiger partial charge on any atom is 0.273 e. The van der Waals surface area contributed by atoms with Crippen LogP contribution in [0.15, 0.2) is 27.8 Å². The average Bonchev–Trinajstić information content (AvgIpc) is 2.64. The van der Waals surface area contributed by atoms with E-state index in [1.807, 2.05) is 0 Å². The highest BCUT2D eigenvalue weighted by atomic mass is 79.9. The molecule has 2 N–H and O–H groups in total. The first-order chi connectivity index (χ1) is 8.32. The number of primary sulfonamides is 1. The molecular formula is C9H8BrClN4O2S. The molecule has 0 amide bonds. The van der Waals surface area contributed by atoms with Crippen molar-refractivity contribution in [2.45, 2.75) is 5.16 Å². The highest BCUT2D eigenvalue weighted by molar-refractivity contribution is 9.10. The van der Waals surface area contributed by atoms with E-state index in [4.69, 9.17) is 16.7 Å². The Bertz CT molecular complexity index is 713. The van der Waals surface area contributed by atoms with Crippen molar-refractivity contribution in [2.24, 2.45) is 12.2 Å². The summed E-state index contributed by atoms with van der Waals surface area (Å²) in [5, 5.41) is 12.5. The second-order valence-electron chi connectivity index (χ2n) is 3.51. The Balaban J connectivity index is 2.67. The molecule has 0 aliphatic heterocycles. The van der Waals surface area contributed by atoms with Gasteiger partial charge >= 0.3 is 0 Å². The monoisotopic (exact) mass is 350 g/mol. The topological polar surface area (TPSA) is 90.9 Å². The van der Waals surface area contributed by atoms with E-state index >= 15 is 0 Å². The van der Waals surface area contributed by atoms with E-state index in [1.165, 1.54) is 11.6 Å². The number of benzene rings is 1. The maximum atomic E-state index is 11.3. The van der Waals surface area contributed by atoms with Crippen LogP contribution in [0.3, 0.4) is 0 Å². The zero-order valence-electron chi connectivity index (χ0n) is 9.13. The summed E-state index contributed by atoms with van der Waals surface area (Å²) in [6.45, 7) is 0. The van der Waals surface area contributed by atoms with Gasteiger partial charge in [0, 0.05) is 17.1 Å². The molecule has 0 bridgehead atoms. The molecule has 96 valence electrons. The number of nitrogens with zero attached hydrogens (tertiary/aromatic N) is 3. The molecule has 2 rings (SSSR count). The number of nitrogens with two attached hydrogens (primary N) is 1. The van der Waals surface area contributed by atoms with Crippen molar-refractivity contribution in [2.75, 3.05) is 0 Å². The van der Waals surface area contributed by atoms with Gasteiger partial charge < -0.3 is 0 Å². The molecule has 0 atom stereocenters. The zero-order chi connectivity index (χ0) is 13.5. The summed E-state index contributed by atoms with van der Waals surface area (Å²) in [5.74, 6) is 0.324. The lowest BCUT2D eigenvalue weighted by Gasteiger charge is -2.05. The Kier molecular flexibility index (Phi) is 3.45. The molecule has 0 radical (unpaired) electrons. The number of hydrogen-bond acceptors (Lipinski definition) is 4. The van der Waals surface area contributed by atoms with Gasteiger partial charge in [0.2, 0.25) is 0 Å². The van der Waals surface area contributed by atoms with E-state index in [0.717, 1.165) is 0 Å². The summed E-state index contributed by atoms with van der Waals surface area (Å²) in [7, 11) is -2.40. The normalized spacial score (nSPS) is 11.8. The summed E-state index contributed by atoms with van der Waals surface area (Å²) in [4.78, 5) is 0. The highest BCUT2D eigenvalue weighted by Gasteiger charge is 2.21. The summed E-state index contributed by atoms with van der Waals surface area (Å²) in [6, 6.07) is 5.24. The Morgan fingerprint density at radius 1 is 1.39 bits per heavy atom. The predicted octanol–water partition coefficient (Wildman–Crippen LogP) is 1.55. The van der Waals surface area contributed by atoms with Gasteiger partial charge in [-0.15, -0.1) is 10.2 Å². The Hall–Kier alpha value is -0.960. The summed E-state index contributed by atoms with van der Waals surface area (Å²) in [5.41, 5.74) is 0.566. The molecule has 1 aromatic heterocycles. The van der Waals surface area contributed by atoms with Gasteiger partial charge in [0.25, 0.3) is 15.2 Å². The third kappa shape index (κ3) is 2.28. The van der Waals surface area contributed by atoms with Gasteiger partial charge in [-0.25, -0.2) is 13.6 Å². The lowest BCUT2D eigenvalue weighted by molar-refractivity contribution is 0.580. The molecule has 0 fully saturated rings. The van der Waals surface area contributed by atoms with Crippen molar-refractivity contribution in [3.8, 4) is 11.4 Å². The second kappa shape index (κ2) is 4.61. The van der Waals surface area contributed by atoms with E-state index in [2.05, 4.69) is 26.1 Å². The second-order valence-corrected chi connectivity index (χ2v) is 6.20. The number of rotatable bonds is 2. The molecule has 0 unspecified atom stereocenters. The smallest absolute Gasteiger partial charge is 0.273 e. The SMILES string of the molecule is Cn1c(-c2cccc(Br)c2Cl)nnc1S(N)(=O)=O. The number of halogens is 2. The summed E-state index contributed by atoms with van der Waals surface area (Å²) >= 11 is 9.40. The largest absolute Gasteiger partial charge is 0.300 e. The zero-order valence-corrected chi connectivity index (χ0v) is 12.3. The molecule has 1 heterocycles. The van der Waals surface area contributed by atoms with Gasteiger partial charge in [-0.3, -0.25) is 4.57 Å². The standard InChI is InChI=1S/C9H8BrClN4O2S/c1-15-8(13-14-9(15)18(12,16)17)5-3-2-4-6(10)7(5)11/h2-4H,1H3,(H2,12,16,17). The van der Waals surface area contributed by atoms with Crippen LogP contribution in [0.1, 0.15) is 0 Å². The van der Waals surface area contributed by atoms with Gasteiger partial charge in [0.05, 0.1) is 5.02 Å². The lowest BCUT2D eigenvalue weighted by Crippen LogP contribution is -2.17. The number of aromatic nitrogens is 3. The van der Waals surface area contributed by atoms with Gasteiger partial charge in [-0.05, 0) is 28.1 Å². The van der Waals surface area contributed by atoms with Crippen LogP contribution >= 0.6 is 27.5 Å². The molecule has 6 nitrogen and oxygen atoms in total. The minimum absolute atomic E-state index is 0.312. The number of sulfonamides is 1. The van der Waals surface area contributed by atoms with Crippen LogP contribution in [0.25, 0.3) is 11.4 Å². The first-order valence-corrected chi connectivity index (χ1v) is 7.40.